The number of likely N-dealkylation sites (tertiary alicyclic amines) is 1. The van der Waals surface area contributed by atoms with Gasteiger partial charge in [-0.1, -0.05) is 69.2 Å². The maximum Gasteiger partial charge on any atom is 0.125 e. The van der Waals surface area contributed by atoms with Crippen LogP contribution >= 0.6 is 31.9 Å². The van der Waals surface area contributed by atoms with Crippen LogP contribution in [0.3, 0.4) is 0 Å². The van der Waals surface area contributed by atoms with E-state index < -0.39 is 8.07 Å². The minimum Gasteiger partial charge on any atom is -1.00 e. The van der Waals surface area contributed by atoms with Gasteiger partial charge in [0.15, 0.2) is 0 Å². The predicted octanol–water partition coefficient (Wildman–Crippen LogP) is 7.25. The fraction of sp³-hybridized carbons (Fsp3) is 0.500. The highest BCUT2D eigenvalue weighted by Gasteiger charge is 2.38. The topological polar surface area (TPSA) is 14.2 Å². The summed E-state index contributed by atoms with van der Waals surface area (Å²) in [5.74, 6) is 0. The van der Waals surface area contributed by atoms with E-state index in [1.54, 1.807) is 15.3 Å². The molecule has 1 N–H and O–H groups in total. The minimum atomic E-state index is -1.67. The van der Waals surface area contributed by atoms with Crippen molar-refractivity contribution >= 4 is 68.3 Å². The summed E-state index contributed by atoms with van der Waals surface area (Å²) in [7, 11) is -1.67. The third-order valence-corrected chi connectivity index (χ3v) is 18.5. The SMILES string of the molecule is Brc1cc(N2CCCCC2)ccc1Cc1ccc(N2CCCCC2)cc1Br.C[Si]1(C)C2=CC([NH+]3CCCCC3)C=CC2=Cc2ccc(N3CCCCC3)cc21.[Cl-]. The lowest BCUT2D eigenvalue weighted by Gasteiger charge is -2.38. The summed E-state index contributed by atoms with van der Waals surface area (Å²) in [6, 6.07) is 21.7. The zero-order valence-corrected chi connectivity index (χ0v) is 38.8. The summed E-state index contributed by atoms with van der Waals surface area (Å²) >= 11 is 7.65. The third-order valence-electron chi connectivity index (χ3n) is 13.4. The summed E-state index contributed by atoms with van der Waals surface area (Å²) in [4.78, 5) is 9.43. The molecule has 0 bridgehead atoms. The van der Waals surface area contributed by atoms with Gasteiger partial charge in [0.2, 0.25) is 0 Å². The Morgan fingerprint density at radius 1 is 0.607 bits per heavy atom. The summed E-state index contributed by atoms with van der Waals surface area (Å²) in [6.45, 7) is 15.1. The molecule has 0 aromatic heterocycles. The fourth-order valence-corrected chi connectivity index (χ4v) is 14.2. The third kappa shape index (κ3) is 9.60. The Labute approximate surface area is 362 Å². The Bertz CT molecular complexity index is 1830. The molecule has 56 heavy (non-hydrogen) atoms. The van der Waals surface area contributed by atoms with E-state index in [0.29, 0.717) is 6.04 Å². The van der Waals surface area contributed by atoms with E-state index in [-0.39, 0.29) is 12.4 Å². The van der Waals surface area contributed by atoms with E-state index in [1.165, 1.54) is 178 Å². The van der Waals surface area contributed by atoms with E-state index >= 15 is 0 Å². The first-order valence-corrected chi connectivity index (χ1v) is 26.4. The second-order valence-electron chi connectivity index (χ2n) is 17.6. The van der Waals surface area contributed by atoms with Gasteiger partial charge in [-0.2, -0.15) is 0 Å². The number of benzene rings is 3. The normalized spacial score (nSPS) is 22.1. The number of nitrogens with one attached hydrogen (secondary N) is 1. The monoisotopic (exact) mass is 916 g/mol. The van der Waals surface area contributed by atoms with Crippen molar-refractivity contribution in [2.45, 2.75) is 103 Å². The second kappa shape index (κ2) is 19.2. The van der Waals surface area contributed by atoms with Crippen molar-refractivity contribution in [2.75, 3.05) is 67.1 Å². The van der Waals surface area contributed by atoms with Gasteiger partial charge in [-0.15, -0.1) is 0 Å². The molecule has 4 saturated heterocycles. The van der Waals surface area contributed by atoms with Crippen molar-refractivity contribution in [2.24, 2.45) is 0 Å². The van der Waals surface area contributed by atoms with Gasteiger partial charge < -0.3 is 32.0 Å². The number of piperidine rings is 4. The van der Waals surface area contributed by atoms with E-state index in [9.17, 15) is 0 Å². The molecule has 1 atom stereocenters. The van der Waals surface area contributed by atoms with Crippen molar-refractivity contribution in [1.82, 2.24) is 0 Å². The average Bonchev–Trinajstić information content (AvgIpc) is 3.23. The first-order valence-electron chi connectivity index (χ1n) is 21.8. The number of anilines is 3. The number of hydrogen-bond acceptors (Lipinski definition) is 3. The molecule has 0 amide bonds. The highest BCUT2D eigenvalue weighted by molar-refractivity contribution is 9.10. The van der Waals surface area contributed by atoms with Gasteiger partial charge in [-0.25, -0.2) is 0 Å². The van der Waals surface area contributed by atoms with Crippen molar-refractivity contribution in [3.05, 3.63) is 109 Å². The maximum absolute atomic E-state index is 3.82. The van der Waals surface area contributed by atoms with Crippen LogP contribution in [0, 0.1) is 0 Å². The predicted molar refractivity (Wildman–Crippen MR) is 246 cm³/mol. The molecule has 4 nitrogen and oxygen atoms in total. The summed E-state index contributed by atoms with van der Waals surface area (Å²) in [5.41, 5.74) is 9.82. The van der Waals surface area contributed by atoms with E-state index in [4.69, 9.17) is 0 Å². The number of quaternary nitrogens is 1. The minimum absolute atomic E-state index is 0. The number of rotatable bonds is 6. The van der Waals surface area contributed by atoms with E-state index in [2.05, 4.69) is 139 Å². The molecule has 300 valence electrons. The van der Waals surface area contributed by atoms with Crippen LogP contribution < -0.4 is 37.2 Å². The van der Waals surface area contributed by atoms with Crippen LogP contribution in [-0.2, 0) is 6.42 Å². The number of halogens is 3. The molecular formula is C48H63Br2ClN4Si. The largest absolute Gasteiger partial charge is 1.00 e. The summed E-state index contributed by atoms with van der Waals surface area (Å²) in [5, 5.41) is 3.33. The number of hydrogen-bond donors (Lipinski definition) is 1. The van der Waals surface area contributed by atoms with E-state index in [1.807, 2.05) is 0 Å². The van der Waals surface area contributed by atoms with Gasteiger partial charge >= 0.3 is 0 Å². The first-order chi connectivity index (χ1) is 26.8. The van der Waals surface area contributed by atoms with Gasteiger partial charge in [-0.05, 0) is 171 Å². The molecule has 9 rings (SSSR count). The number of allylic oxidation sites excluding steroid dienone is 3. The molecular weight excluding hydrogens is 856 g/mol. The molecule has 4 fully saturated rings. The Kier molecular flexibility index (Phi) is 14.3. The molecule has 1 aliphatic carbocycles. The van der Waals surface area contributed by atoms with Gasteiger partial charge in [0, 0.05) is 65.3 Å². The Morgan fingerprint density at radius 2 is 1.07 bits per heavy atom. The van der Waals surface area contributed by atoms with Gasteiger partial charge in [0.1, 0.15) is 14.1 Å². The molecule has 0 spiro atoms. The van der Waals surface area contributed by atoms with Crippen LogP contribution in [0.1, 0.15) is 93.7 Å². The number of nitrogens with zero attached hydrogens (tertiary/aromatic N) is 3. The highest BCUT2D eigenvalue weighted by atomic mass is 79.9. The molecule has 3 aromatic carbocycles. The van der Waals surface area contributed by atoms with Gasteiger partial charge in [0.25, 0.3) is 0 Å². The molecule has 0 saturated carbocycles. The van der Waals surface area contributed by atoms with Crippen LogP contribution in [-0.4, -0.2) is 66.5 Å². The Balaban J connectivity index is 0.000000169. The van der Waals surface area contributed by atoms with Crippen LogP contribution in [0.5, 0.6) is 0 Å². The van der Waals surface area contributed by atoms with Crippen molar-refractivity contribution in [1.29, 1.82) is 0 Å². The van der Waals surface area contributed by atoms with Crippen molar-refractivity contribution in [3.8, 4) is 0 Å². The molecule has 8 heteroatoms. The molecule has 1 unspecified atom stereocenters. The van der Waals surface area contributed by atoms with Crippen LogP contribution in [0.25, 0.3) is 6.08 Å². The smallest absolute Gasteiger partial charge is 0.125 e. The summed E-state index contributed by atoms with van der Waals surface area (Å²) < 4.78 is 2.44. The Morgan fingerprint density at radius 3 is 1.57 bits per heavy atom. The number of fused-ring (bicyclic) bond motifs is 2. The first kappa shape index (κ1) is 41.9. The fourth-order valence-electron chi connectivity index (χ4n) is 10.1. The Hall–Kier alpha value is -2.29. The van der Waals surface area contributed by atoms with Crippen LogP contribution in [0.15, 0.2) is 92.5 Å². The molecule has 3 aromatic rings. The standard InChI is InChI=1S/C25H34N2Si.C23H28Br2N2.ClH/c1-28(2)24-18-22(26-13-5-3-6-14-26)11-9-20(24)17-21-10-12-23(19-25(21)28)27-15-7-4-8-16-27;24-22-16-20(26-11-3-1-4-12-26)9-7-18(22)15-19-8-10-21(17-23(19)25)27-13-5-2-6-14-27;/h9-12,17-19,22H,3-8,13-16H2,1-2H3;7-10,16-17H,1-6,11-15H2;1H. The second-order valence-corrected chi connectivity index (χ2v) is 23.6. The highest BCUT2D eigenvalue weighted by Crippen LogP contribution is 2.36. The lowest BCUT2D eigenvalue weighted by Crippen LogP contribution is -3.16. The average molecular weight is 919 g/mol. The zero-order valence-electron chi connectivity index (χ0n) is 33.9. The van der Waals surface area contributed by atoms with Gasteiger partial charge in [-0.3, -0.25) is 0 Å². The van der Waals surface area contributed by atoms with Crippen LogP contribution in [0.4, 0.5) is 17.1 Å². The lowest BCUT2D eigenvalue weighted by atomic mass is 9.99. The molecule has 0 radical (unpaired) electrons. The quantitative estimate of drug-likeness (QED) is 0.263. The maximum atomic E-state index is 3.82. The van der Waals surface area contributed by atoms with Crippen molar-refractivity contribution in [3.63, 3.8) is 0 Å². The molecule has 6 aliphatic rings. The van der Waals surface area contributed by atoms with Crippen molar-refractivity contribution < 1.29 is 17.3 Å². The van der Waals surface area contributed by atoms with E-state index in [0.717, 1.165) is 6.42 Å². The van der Waals surface area contributed by atoms with Gasteiger partial charge in [0.05, 0.1) is 13.1 Å². The van der Waals surface area contributed by atoms with Crippen LogP contribution in [0.2, 0.25) is 13.1 Å². The lowest BCUT2D eigenvalue weighted by molar-refractivity contribution is -0.916. The molecule has 5 aliphatic heterocycles. The zero-order chi connectivity index (χ0) is 37.8. The summed E-state index contributed by atoms with van der Waals surface area (Å²) in [6.07, 6.45) is 27.3. The molecule has 5 heterocycles.